The Balaban J connectivity index is 2.14. The molecule has 0 heterocycles. The molecule has 0 saturated heterocycles. The summed E-state index contributed by atoms with van der Waals surface area (Å²) in [5, 5.41) is 0.695. The highest BCUT2D eigenvalue weighted by Gasteiger charge is 2.05. The molecule has 0 aliphatic carbocycles. The summed E-state index contributed by atoms with van der Waals surface area (Å²) in [7, 11) is 0. The maximum absolute atomic E-state index is 6.20. The van der Waals surface area contributed by atoms with Gasteiger partial charge < -0.3 is 10.5 Å². The number of halogens is 1. The number of ether oxygens (including phenoxy) is 1. The monoisotopic (exact) mass is 261 g/mol. The number of benzene rings is 2. The molecular formula is C15H16ClNO. The molecule has 2 aromatic rings. The van der Waals surface area contributed by atoms with E-state index >= 15 is 0 Å². The largest absolute Gasteiger partial charge is 0.457 e. The van der Waals surface area contributed by atoms with Crippen LogP contribution in [0.3, 0.4) is 0 Å². The topological polar surface area (TPSA) is 35.2 Å². The highest BCUT2D eigenvalue weighted by molar-refractivity contribution is 6.31. The molecule has 2 N–H and O–H groups in total. The Morgan fingerprint density at radius 2 is 1.83 bits per heavy atom. The molecule has 1 atom stereocenters. The predicted octanol–water partition coefficient (Wildman–Crippen LogP) is 4.02. The lowest BCUT2D eigenvalue weighted by Gasteiger charge is -2.10. The lowest BCUT2D eigenvalue weighted by Crippen LogP contribution is -2.17. The van der Waals surface area contributed by atoms with Crippen LogP contribution in [0.15, 0.2) is 48.5 Å². The maximum Gasteiger partial charge on any atom is 0.128 e. The first kappa shape index (κ1) is 12.9. The third-order valence-corrected chi connectivity index (χ3v) is 2.90. The van der Waals surface area contributed by atoms with Gasteiger partial charge in [-0.3, -0.25) is 0 Å². The van der Waals surface area contributed by atoms with Gasteiger partial charge in [0.25, 0.3) is 0 Å². The molecule has 18 heavy (non-hydrogen) atoms. The van der Waals surface area contributed by atoms with Crippen molar-refractivity contribution in [2.75, 3.05) is 0 Å². The van der Waals surface area contributed by atoms with E-state index in [1.165, 1.54) is 0 Å². The van der Waals surface area contributed by atoms with Gasteiger partial charge >= 0.3 is 0 Å². The van der Waals surface area contributed by atoms with E-state index in [-0.39, 0.29) is 6.04 Å². The van der Waals surface area contributed by atoms with Crippen molar-refractivity contribution in [3.05, 3.63) is 59.1 Å². The average molecular weight is 262 g/mol. The summed E-state index contributed by atoms with van der Waals surface area (Å²) < 4.78 is 5.70. The van der Waals surface area contributed by atoms with Crippen LogP contribution < -0.4 is 10.5 Å². The molecule has 0 bridgehead atoms. The van der Waals surface area contributed by atoms with Crippen molar-refractivity contribution < 1.29 is 4.74 Å². The Morgan fingerprint density at radius 1 is 1.11 bits per heavy atom. The SMILES string of the molecule is CC(N)Cc1ccc(Oc2ccccc2)cc1Cl. The van der Waals surface area contributed by atoms with Crippen LogP contribution in [-0.4, -0.2) is 6.04 Å². The summed E-state index contributed by atoms with van der Waals surface area (Å²) in [6.45, 7) is 1.96. The molecule has 0 radical (unpaired) electrons. The summed E-state index contributed by atoms with van der Waals surface area (Å²) in [5.74, 6) is 1.54. The fourth-order valence-corrected chi connectivity index (χ4v) is 1.98. The van der Waals surface area contributed by atoms with Crippen LogP contribution in [0.5, 0.6) is 11.5 Å². The molecule has 0 aliphatic rings. The van der Waals surface area contributed by atoms with E-state index < -0.39 is 0 Å². The molecule has 0 aliphatic heterocycles. The molecule has 0 aromatic heterocycles. The van der Waals surface area contributed by atoms with E-state index in [0.29, 0.717) is 5.02 Å². The van der Waals surface area contributed by atoms with Gasteiger partial charge in [0.1, 0.15) is 11.5 Å². The average Bonchev–Trinajstić information content (AvgIpc) is 2.33. The van der Waals surface area contributed by atoms with E-state index in [4.69, 9.17) is 22.1 Å². The molecule has 94 valence electrons. The molecule has 2 nitrogen and oxygen atoms in total. The summed E-state index contributed by atoms with van der Waals surface area (Å²) in [4.78, 5) is 0. The minimum Gasteiger partial charge on any atom is -0.457 e. The molecule has 2 aromatic carbocycles. The molecular weight excluding hydrogens is 246 g/mol. The zero-order valence-electron chi connectivity index (χ0n) is 10.3. The number of rotatable bonds is 4. The van der Waals surface area contributed by atoms with Crippen LogP contribution in [0.2, 0.25) is 5.02 Å². The summed E-state index contributed by atoms with van der Waals surface area (Å²) in [5.41, 5.74) is 6.81. The molecule has 0 amide bonds. The Bertz CT molecular complexity index is 511. The maximum atomic E-state index is 6.20. The van der Waals surface area contributed by atoms with Crippen molar-refractivity contribution in [3.63, 3.8) is 0 Å². The summed E-state index contributed by atoms with van der Waals surface area (Å²) in [6, 6.07) is 15.4. The summed E-state index contributed by atoms with van der Waals surface area (Å²) in [6.07, 6.45) is 0.768. The normalized spacial score (nSPS) is 12.2. The van der Waals surface area contributed by atoms with Gasteiger partial charge in [-0.2, -0.15) is 0 Å². The highest BCUT2D eigenvalue weighted by Crippen LogP contribution is 2.27. The molecule has 0 spiro atoms. The van der Waals surface area contributed by atoms with Gasteiger partial charge in [-0.1, -0.05) is 35.9 Å². The quantitative estimate of drug-likeness (QED) is 0.902. The zero-order chi connectivity index (χ0) is 13.0. The van der Waals surface area contributed by atoms with Crippen LogP contribution in [0.25, 0.3) is 0 Å². The zero-order valence-corrected chi connectivity index (χ0v) is 11.0. The lowest BCUT2D eigenvalue weighted by molar-refractivity contribution is 0.482. The molecule has 1 unspecified atom stereocenters. The Kier molecular flexibility index (Phi) is 4.24. The standard InChI is InChI=1S/C15H16ClNO/c1-11(17)9-12-7-8-14(10-15(12)16)18-13-5-3-2-4-6-13/h2-8,10-11H,9,17H2,1H3. The molecule has 0 saturated carbocycles. The van der Waals surface area contributed by atoms with Crippen molar-refractivity contribution in [1.29, 1.82) is 0 Å². The van der Waals surface area contributed by atoms with Crippen molar-refractivity contribution in [1.82, 2.24) is 0 Å². The van der Waals surface area contributed by atoms with Crippen molar-refractivity contribution in [2.45, 2.75) is 19.4 Å². The van der Waals surface area contributed by atoms with Gasteiger partial charge in [0.2, 0.25) is 0 Å². The minimum atomic E-state index is 0.100. The van der Waals surface area contributed by atoms with Gasteiger partial charge in [0.05, 0.1) is 0 Å². The van der Waals surface area contributed by atoms with E-state index in [0.717, 1.165) is 23.5 Å². The van der Waals surface area contributed by atoms with Crippen molar-refractivity contribution >= 4 is 11.6 Å². The number of hydrogen-bond acceptors (Lipinski definition) is 2. The van der Waals surface area contributed by atoms with Crippen LogP contribution in [0.1, 0.15) is 12.5 Å². The lowest BCUT2D eigenvalue weighted by atomic mass is 10.1. The van der Waals surface area contributed by atoms with E-state index in [9.17, 15) is 0 Å². The number of para-hydroxylation sites is 1. The first-order chi connectivity index (χ1) is 8.65. The highest BCUT2D eigenvalue weighted by atomic mass is 35.5. The second-order valence-corrected chi connectivity index (χ2v) is 4.76. The van der Waals surface area contributed by atoms with Gasteiger partial charge in [-0.15, -0.1) is 0 Å². The predicted molar refractivity (Wildman–Crippen MR) is 75.3 cm³/mol. The van der Waals surface area contributed by atoms with Crippen LogP contribution in [-0.2, 0) is 6.42 Å². The fourth-order valence-electron chi connectivity index (χ4n) is 1.73. The Labute approximate surface area is 112 Å². The third-order valence-electron chi connectivity index (χ3n) is 2.55. The van der Waals surface area contributed by atoms with Crippen LogP contribution in [0, 0.1) is 0 Å². The van der Waals surface area contributed by atoms with E-state index in [1.807, 2.05) is 55.5 Å². The van der Waals surface area contributed by atoms with Gasteiger partial charge in [-0.05, 0) is 43.2 Å². The molecule has 0 fully saturated rings. The Hall–Kier alpha value is -1.51. The van der Waals surface area contributed by atoms with Gasteiger partial charge in [0.15, 0.2) is 0 Å². The second-order valence-electron chi connectivity index (χ2n) is 4.35. The molecule has 3 heteroatoms. The van der Waals surface area contributed by atoms with Gasteiger partial charge in [0, 0.05) is 11.1 Å². The summed E-state index contributed by atoms with van der Waals surface area (Å²) >= 11 is 6.20. The molecule has 2 rings (SSSR count). The number of nitrogens with two attached hydrogens (primary N) is 1. The fraction of sp³-hybridized carbons (Fsp3) is 0.200. The third kappa shape index (κ3) is 3.49. The number of hydrogen-bond donors (Lipinski definition) is 1. The van der Waals surface area contributed by atoms with Crippen LogP contribution >= 0.6 is 11.6 Å². The van der Waals surface area contributed by atoms with Crippen LogP contribution in [0.4, 0.5) is 0 Å². The van der Waals surface area contributed by atoms with E-state index in [1.54, 1.807) is 0 Å². The Morgan fingerprint density at radius 3 is 2.44 bits per heavy atom. The first-order valence-electron chi connectivity index (χ1n) is 5.92. The van der Waals surface area contributed by atoms with Crippen molar-refractivity contribution in [2.24, 2.45) is 5.73 Å². The smallest absolute Gasteiger partial charge is 0.128 e. The first-order valence-corrected chi connectivity index (χ1v) is 6.30. The van der Waals surface area contributed by atoms with E-state index in [2.05, 4.69) is 0 Å². The second kappa shape index (κ2) is 5.89. The van der Waals surface area contributed by atoms with Crippen molar-refractivity contribution in [3.8, 4) is 11.5 Å². The minimum absolute atomic E-state index is 0.100. The van der Waals surface area contributed by atoms with Gasteiger partial charge in [-0.25, -0.2) is 0 Å².